The number of hydrogen-bond donors (Lipinski definition) is 3. The maximum Gasteiger partial charge on any atom is 0.328 e. The number of pyridine rings is 1. The van der Waals surface area contributed by atoms with E-state index in [4.69, 9.17) is 16.7 Å². The monoisotopic (exact) mass is 399 g/mol. The highest BCUT2D eigenvalue weighted by molar-refractivity contribution is 6.33. The number of aromatic nitrogens is 1. The van der Waals surface area contributed by atoms with Crippen LogP contribution in [0.4, 0.5) is 17.2 Å². The van der Waals surface area contributed by atoms with E-state index in [-0.39, 0.29) is 11.8 Å². The molecular weight excluding hydrogens is 378 g/mol. The van der Waals surface area contributed by atoms with Crippen molar-refractivity contribution in [2.75, 3.05) is 10.6 Å². The summed E-state index contributed by atoms with van der Waals surface area (Å²) >= 11 is 6.24. The quantitative estimate of drug-likeness (QED) is 0.588. The van der Waals surface area contributed by atoms with Gasteiger partial charge in [-0.05, 0) is 48.7 Å². The van der Waals surface area contributed by atoms with Crippen LogP contribution >= 0.6 is 11.6 Å². The third-order valence-corrected chi connectivity index (χ3v) is 4.94. The number of halogens is 1. The molecule has 1 aromatic carbocycles. The zero-order valence-electron chi connectivity index (χ0n) is 15.3. The SMILES string of the molecule is O=C(O)/C=C/c1cnc(Nc2cccc(NC(=O)C3CCCCC3)c2)c(Cl)c1. The summed E-state index contributed by atoms with van der Waals surface area (Å²) in [7, 11) is 0. The molecule has 0 unspecified atom stereocenters. The minimum absolute atomic E-state index is 0.0718. The summed E-state index contributed by atoms with van der Waals surface area (Å²) in [6.45, 7) is 0. The van der Waals surface area contributed by atoms with Gasteiger partial charge in [-0.1, -0.05) is 36.9 Å². The largest absolute Gasteiger partial charge is 0.478 e. The second kappa shape index (κ2) is 9.37. The average Bonchev–Trinajstić information content (AvgIpc) is 2.69. The van der Waals surface area contributed by atoms with Crippen LogP contribution in [0.2, 0.25) is 5.02 Å². The summed E-state index contributed by atoms with van der Waals surface area (Å²) in [5.74, 6) is -0.425. The van der Waals surface area contributed by atoms with Crippen LogP contribution in [0, 0.1) is 5.92 Å². The van der Waals surface area contributed by atoms with Crippen LogP contribution in [0.5, 0.6) is 0 Å². The Morgan fingerprint density at radius 3 is 2.61 bits per heavy atom. The van der Waals surface area contributed by atoms with Gasteiger partial charge in [0.15, 0.2) is 0 Å². The summed E-state index contributed by atoms with van der Waals surface area (Å²) in [4.78, 5) is 27.3. The Morgan fingerprint density at radius 1 is 1.14 bits per heavy atom. The van der Waals surface area contributed by atoms with Crippen molar-refractivity contribution < 1.29 is 14.7 Å². The molecule has 1 amide bonds. The van der Waals surface area contributed by atoms with Crippen LogP contribution in [0.3, 0.4) is 0 Å². The van der Waals surface area contributed by atoms with Gasteiger partial charge < -0.3 is 15.7 Å². The molecule has 28 heavy (non-hydrogen) atoms. The van der Waals surface area contributed by atoms with Crippen molar-refractivity contribution in [3.63, 3.8) is 0 Å². The number of aliphatic carboxylic acids is 1. The lowest BCUT2D eigenvalue weighted by atomic mass is 9.88. The highest BCUT2D eigenvalue weighted by atomic mass is 35.5. The predicted molar refractivity (Wildman–Crippen MR) is 111 cm³/mol. The van der Waals surface area contributed by atoms with Crippen LogP contribution in [0.15, 0.2) is 42.6 Å². The molecular formula is C21H22ClN3O3. The number of amides is 1. The number of hydrogen-bond acceptors (Lipinski definition) is 4. The van der Waals surface area contributed by atoms with Gasteiger partial charge in [-0.15, -0.1) is 0 Å². The van der Waals surface area contributed by atoms with Crippen molar-refractivity contribution in [2.45, 2.75) is 32.1 Å². The Balaban J connectivity index is 1.67. The fourth-order valence-electron chi connectivity index (χ4n) is 3.22. The molecule has 1 aliphatic rings. The molecule has 1 saturated carbocycles. The standard InChI is InChI=1S/C21H22ClN3O3/c22-18-11-14(9-10-19(26)27)13-23-20(18)24-16-7-4-8-17(12-16)25-21(28)15-5-2-1-3-6-15/h4,7-13,15H,1-3,5-6H2,(H,23,24)(H,25,28)(H,26,27)/b10-9+. The summed E-state index contributed by atoms with van der Waals surface area (Å²) < 4.78 is 0. The first-order chi connectivity index (χ1) is 13.5. The molecule has 0 atom stereocenters. The molecule has 1 aliphatic carbocycles. The highest BCUT2D eigenvalue weighted by Gasteiger charge is 2.21. The van der Waals surface area contributed by atoms with Crippen molar-refractivity contribution in [1.29, 1.82) is 0 Å². The predicted octanol–water partition coefficient (Wildman–Crippen LogP) is 5.10. The molecule has 3 N–H and O–H groups in total. The fourth-order valence-corrected chi connectivity index (χ4v) is 3.45. The Kier molecular flexibility index (Phi) is 6.66. The molecule has 0 saturated heterocycles. The van der Waals surface area contributed by atoms with E-state index in [0.29, 0.717) is 16.4 Å². The molecule has 146 valence electrons. The van der Waals surface area contributed by atoms with Crippen molar-refractivity contribution in [2.24, 2.45) is 5.92 Å². The van der Waals surface area contributed by atoms with Gasteiger partial charge in [0.25, 0.3) is 0 Å². The second-order valence-electron chi connectivity index (χ2n) is 6.80. The first-order valence-electron chi connectivity index (χ1n) is 9.26. The van der Waals surface area contributed by atoms with Crippen LogP contribution in [-0.4, -0.2) is 22.0 Å². The number of anilines is 3. The number of nitrogens with zero attached hydrogens (tertiary/aromatic N) is 1. The van der Waals surface area contributed by atoms with Gasteiger partial charge in [-0.25, -0.2) is 9.78 Å². The van der Waals surface area contributed by atoms with Crippen LogP contribution in [0.1, 0.15) is 37.7 Å². The number of rotatable bonds is 6. The molecule has 6 nitrogen and oxygen atoms in total. The molecule has 7 heteroatoms. The van der Waals surface area contributed by atoms with E-state index in [0.717, 1.165) is 43.1 Å². The molecule has 0 radical (unpaired) electrons. The van der Waals surface area contributed by atoms with Crippen molar-refractivity contribution in [1.82, 2.24) is 4.98 Å². The Morgan fingerprint density at radius 2 is 1.89 bits per heavy atom. The average molecular weight is 400 g/mol. The first kappa shape index (κ1) is 19.9. The lowest BCUT2D eigenvalue weighted by Crippen LogP contribution is -2.24. The van der Waals surface area contributed by atoms with E-state index in [1.807, 2.05) is 24.3 Å². The van der Waals surface area contributed by atoms with Crippen molar-refractivity contribution in [3.05, 3.63) is 53.2 Å². The van der Waals surface area contributed by atoms with Gasteiger partial charge in [0.1, 0.15) is 5.82 Å². The van der Waals surface area contributed by atoms with Crippen LogP contribution < -0.4 is 10.6 Å². The summed E-state index contributed by atoms with van der Waals surface area (Å²) in [6, 6.07) is 9.01. The van der Waals surface area contributed by atoms with E-state index in [9.17, 15) is 9.59 Å². The molecule has 1 fully saturated rings. The van der Waals surface area contributed by atoms with E-state index in [1.54, 1.807) is 6.07 Å². The van der Waals surface area contributed by atoms with Gasteiger partial charge in [0, 0.05) is 29.6 Å². The minimum Gasteiger partial charge on any atom is -0.478 e. The zero-order chi connectivity index (χ0) is 19.9. The molecule has 0 aliphatic heterocycles. The van der Waals surface area contributed by atoms with Gasteiger partial charge >= 0.3 is 5.97 Å². The smallest absolute Gasteiger partial charge is 0.328 e. The number of carboxylic acid groups (broad SMARTS) is 1. The number of carbonyl (C=O) groups is 2. The fraction of sp³-hybridized carbons (Fsp3) is 0.286. The molecule has 0 spiro atoms. The number of carboxylic acids is 1. The minimum atomic E-state index is -1.04. The first-order valence-corrected chi connectivity index (χ1v) is 9.63. The Hall–Kier alpha value is -2.86. The van der Waals surface area contributed by atoms with E-state index < -0.39 is 5.97 Å². The summed E-state index contributed by atoms with van der Waals surface area (Å²) in [6.07, 6.45) is 9.32. The van der Waals surface area contributed by atoms with Gasteiger partial charge in [-0.2, -0.15) is 0 Å². The van der Waals surface area contributed by atoms with Crippen molar-refractivity contribution in [3.8, 4) is 0 Å². The van der Waals surface area contributed by atoms with Crippen LogP contribution in [-0.2, 0) is 9.59 Å². The summed E-state index contributed by atoms with van der Waals surface area (Å²) in [5, 5.41) is 15.2. The Labute approximate surface area is 168 Å². The highest BCUT2D eigenvalue weighted by Crippen LogP contribution is 2.28. The van der Waals surface area contributed by atoms with Gasteiger partial charge in [0.05, 0.1) is 5.02 Å². The van der Waals surface area contributed by atoms with Crippen LogP contribution in [0.25, 0.3) is 6.08 Å². The molecule has 0 bridgehead atoms. The number of carbonyl (C=O) groups excluding carboxylic acids is 1. The van der Waals surface area contributed by atoms with E-state index in [2.05, 4.69) is 15.6 Å². The summed E-state index contributed by atoms with van der Waals surface area (Å²) in [5.41, 5.74) is 2.05. The number of nitrogens with one attached hydrogen (secondary N) is 2. The lowest BCUT2D eigenvalue weighted by molar-refractivity contribution is -0.131. The normalized spacial score (nSPS) is 14.8. The van der Waals surface area contributed by atoms with E-state index >= 15 is 0 Å². The van der Waals surface area contributed by atoms with Crippen molar-refractivity contribution >= 4 is 46.7 Å². The second-order valence-corrected chi connectivity index (χ2v) is 7.21. The maximum atomic E-state index is 12.4. The molecule has 1 heterocycles. The van der Waals surface area contributed by atoms with Gasteiger partial charge in [-0.3, -0.25) is 4.79 Å². The zero-order valence-corrected chi connectivity index (χ0v) is 16.1. The molecule has 2 aromatic rings. The lowest BCUT2D eigenvalue weighted by Gasteiger charge is -2.21. The molecule has 1 aromatic heterocycles. The molecule has 3 rings (SSSR count). The number of benzene rings is 1. The Bertz CT molecular complexity index is 892. The van der Waals surface area contributed by atoms with E-state index in [1.165, 1.54) is 18.7 Å². The van der Waals surface area contributed by atoms with Gasteiger partial charge in [0.2, 0.25) is 5.91 Å². The maximum absolute atomic E-state index is 12.4. The topological polar surface area (TPSA) is 91.3 Å². The third-order valence-electron chi connectivity index (χ3n) is 4.65. The third kappa shape index (κ3) is 5.57.